The van der Waals surface area contributed by atoms with E-state index in [0.29, 0.717) is 0 Å². The Balaban J connectivity index is 3.60. The number of ether oxygens (including phenoxy) is 1. The molecule has 53 valence electrons. The SMILES string of the molecule is CC(C)(C)OC(=O)C[O]. The Hall–Kier alpha value is -0.570. The van der Waals surface area contributed by atoms with E-state index in [1.165, 1.54) is 0 Å². The molecule has 9 heavy (non-hydrogen) atoms. The van der Waals surface area contributed by atoms with Gasteiger partial charge in [-0.2, -0.15) is 0 Å². The quantitative estimate of drug-likeness (QED) is 0.493. The monoisotopic (exact) mass is 131 g/mol. The lowest BCUT2D eigenvalue weighted by atomic mass is 10.2. The second-order valence-electron chi connectivity index (χ2n) is 2.73. The molecule has 0 bridgehead atoms. The van der Waals surface area contributed by atoms with Gasteiger partial charge in [-0.1, -0.05) is 0 Å². The lowest BCUT2D eigenvalue weighted by Gasteiger charge is -2.17. The fourth-order valence-corrected chi connectivity index (χ4v) is 0.371. The molecule has 0 aliphatic heterocycles. The molecular formula is C6H11O3. The first-order valence-electron chi connectivity index (χ1n) is 2.75. The summed E-state index contributed by atoms with van der Waals surface area (Å²) < 4.78 is 4.64. The molecule has 0 atom stereocenters. The van der Waals surface area contributed by atoms with E-state index in [2.05, 4.69) is 4.74 Å². The minimum atomic E-state index is -0.794. The summed E-state index contributed by atoms with van der Waals surface area (Å²) in [7, 11) is 0. The molecule has 0 N–H and O–H groups in total. The zero-order chi connectivity index (χ0) is 7.49. The Morgan fingerprint density at radius 2 is 1.89 bits per heavy atom. The molecule has 0 amide bonds. The van der Waals surface area contributed by atoms with Gasteiger partial charge < -0.3 is 4.74 Å². The first-order chi connectivity index (χ1) is 3.95. The highest BCUT2D eigenvalue weighted by Crippen LogP contribution is 2.05. The van der Waals surface area contributed by atoms with Gasteiger partial charge in [0.1, 0.15) is 5.60 Å². The molecule has 0 spiro atoms. The first-order valence-corrected chi connectivity index (χ1v) is 2.75. The molecular weight excluding hydrogens is 120 g/mol. The topological polar surface area (TPSA) is 46.2 Å². The highest BCUT2D eigenvalue weighted by molar-refractivity contribution is 5.70. The molecule has 0 aromatic carbocycles. The maximum absolute atomic E-state index is 10.3. The van der Waals surface area contributed by atoms with Crippen molar-refractivity contribution in [3.05, 3.63) is 0 Å². The fourth-order valence-electron chi connectivity index (χ4n) is 0.371. The number of rotatable bonds is 1. The Bertz CT molecular complexity index is 101. The summed E-state index contributed by atoms with van der Waals surface area (Å²) in [6.45, 7) is 4.37. The van der Waals surface area contributed by atoms with Gasteiger partial charge in [0.15, 0.2) is 6.61 Å². The highest BCUT2D eigenvalue weighted by atomic mass is 16.6. The van der Waals surface area contributed by atoms with E-state index >= 15 is 0 Å². The van der Waals surface area contributed by atoms with Crippen molar-refractivity contribution in [3.8, 4) is 0 Å². The van der Waals surface area contributed by atoms with E-state index in [1.54, 1.807) is 20.8 Å². The van der Waals surface area contributed by atoms with Gasteiger partial charge in [-0.05, 0) is 20.8 Å². The second kappa shape index (κ2) is 2.82. The van der Waals surface area contributed by atoms with Crippen molar-refractivity contribution in [2.75, 3.05) is 6.61 Å². The predicted molar refractivity (Wildman–Crippen MR) is 31.4 cm³/mol. The molecule has 3 nitrogen and oxygen atoms in total. The van der Waals surface area contributed by atoms with Crippen LogP contribution in [-0.2, 0) is 14.6 Å². The maximum atomic E-state index is 10.3. The van der Waals surface area contributed by atoms with E-state index in [-0.39, 0.29) is 0 Å². The van der Waals surface area contributed by atoms with Crippen LogP contribution in [0, 0.1) is 0 Å². The van der Waals surface area contributed by atoms with Gasteiger partial charge in [-0.15, -0.1) is 0 Å². The minimum Gasteiger partial charge on any atom is -0.458 e. The van der Waals surface area contributed by atoms with Gasteiger partial charge in [0, 0.05) is 0 Å². The van der Waals surface area contributed by atoms with Crippen LogP contribution in [0.3, 0.4) is 0 Å². The Morgan fingerprint density at radius 1 is 1.44 bits per heavy atom. The average Bonchev–Trinajstić information content (AvgIpc) is 1.62. The zero-order valence-corrected chi connectivity index (χ0v) is 5.93. The molecule has 0 fully saturated rings. The molecule has 3 heteroatoms. The molecule has 0 heterocycles. The van der Waals surface area contributed by atoms with Crippen molar-refractivity contribution in [1.82, 2.24) is 0 Å². The summed E-state index contributed by atoms with van der Waals surface area (Å²) >= 11 is 0. The van der Waals surface area contributed by atoms with Gasteiger partial charge in [0.25, 0.3) is 0 Å². The van der Waals surface area contributed by atoms with E-state index in [0.717, 1.165) is 0 Å². The summed E-state index contributed by atoms with van der Waals surface area (Å²) in [6.07, 6.45) is 0. The van der Waals surface area contributed by atoms with Crippen molar-refractivity contribution in [3.63, 3.8) is 0 Å². The molecule has 1 radical (unpaired) electrons. The third-order valence-corrected chi connectivity index (χ3v) is 0.538. The number of carbonyl (C=O) groups is 1. The molecule has 0 aromatic rings. The van der Waals surface area contributed by atoms with Crippen molar-refractivity contribution >= 4 is 5.97 Å². The standard InChI is InChI=1S/C6H11O3/c1-6(2,3)9-5(8)4-7/h4H2,1-3H3. The lowest BCUT2D eigenvalue weighted by Crippen LogP contribution is -2.25. The van der Waals surface area contributed by atoms with Crippen LogP contribution < -0.4 is 0 Å². The molecule has 0 saturated heterocycles. The maximum Gasteiger partial charge on any atom is 0.335 e. The average molecular weight is 131 g/mol. The van der Waals surface area contributed by atoms with E-state index < -0.39 is 18.2 Å². The smallest absolute Gasteiger partial charge is 0.335 e. The summed E-state index contributed by atoms with van der Waals surface area (Å²) in [5, 5.41) is 9.83. The highest BCUT2D eigenvalue weighted by Gasteiger charge is 2.14. The molecule has 0 saturated carbocycles. The Labute approximate surface area is 54.6 Å². The number of carbonyl (C=O) groups excluding carboxylic acids is 1. The predicted octanol–water partition coefficient (Wildman–Crippen LogP) is 0.759. The third kappa shape index (κ3) is 5.30. The van der Waals surface area contributed by atoms with Crippen LogP contribution in [0.25, 0.3) is 0 Å². The van der Waals surface area contributed by atoms with Crippen LogP contribution in [0.1, 0.15) is 20.8 Å². The largest absolute Gasteiger partial charge is 0.458 e. The normalized spacial score (nSPS) is 11.1. The second-order valence-corrected chi connectivity index (χ2v) is 2.73. The summed E-state index contributed by atoms with van der Waals surface area (Å²) in [4.78, 5) is 10.3. The molecule has 0 aliphatic carbocycles. The van der Waals surface area contributed by atoms with E-state index in [9.17, 15) is 9.90 Å². The van der Waals surface area contributed by atoms with Crippen molar-refractivity contribution in [2.24, 2.45) is 0 Å². The lowest BCUT2D eigenvalue weighted by molar-refractivity contribution is -0.160. The minimum absolute atomic E-state index is 0.526. The molecule has 0 aliphatic rings. The number of esters is 1. The van der Waals surface area contributed by atoms with Gasteiger partial charge in [-0.3, -0.25) is 0 Å². The van der Waals surface area contributed by atoms with Crippen LogP contribution in [0.15, 0.2) is 0 Å². The van der Waals surface area contributed by atoms with Gasteiger partial charge >= 0.3 is 5.97 Å². The molecule has 0 rings (SSSR count). The number of hydrogen-bond acceptors (Lipinski definition) is 2. The summed E-state index contributed by atoms with van der Waals surface area (Å²) in [5.74, 6) is -0.692. The number of hydrogen-bond donors (Lipinski definition) is 0. The van der Waals surface area contributed by atoms with Crippen molar-refractivity contribution in [2.45, 2.75) is 26.4 Å². The van der Waals surface area contributed by atoms with E-state index in [1.807, 2.05) is 0 Å². The first kappa shape index (κ1) is 8.43. The van der Waals surface area contributed by atoms with Gasteiger partial charge in [-0.25, -0.2) is 9.90 Å². The van der Waals surface area contributed by atoms with Crippen LogP contribution in [0.4, 0.5) is 0 Å². The Morgan fingerprint density at radius 3 is 2.00 bits per heavy atom. The van der Waals surface area contributed by atoms with Crippen LogP contribution in [0.5, 0.6) is 0 Å². The van der Waals surface area contributed by atoms with Gasteiger partial charge in [0.05, 0.1) is 0 Å². The van der Waals surface area contributed by atoms with Crippen molar-refractivity contribution in [1.29, 1.82) is 0 Å². The van der Waals surface area contributed by atoms with Crippen LogP contribution in [0.2, 0.25) is 0 Å². The molecule has 0 unspecified atom stereocenters. The van der Waals surface area contributed by atoms with Crippen LogP contribution in [-0.4, -0.2) is 18.2 Å². The fraction of sp³-hybridized carbons (Fsp3) is 0.833. The van der Waals surface area contributed by atoms with Crippen LogP contribution >= 0.6 is 0 Å². The van der Waals surface area contributed by atoms with Gasteiger partial charge in [0.2, 0.25) is 0 Å². The summed E-state index contributed by atoms with van der Waals surface area (Å²) in [6, 6.07) is 0. The zero-order valence-electron chi connectivity index (χ0n) is 5.93. The molecule has 0 aromatic heterocycles. The Kier molecular flexibility index (Phi) is 2.65. The summed E-state index contributed by atoms with van der Waals surface area (Å²) in [5.41, 5.74) is -0.526. The third-order valence-electron chi connectivity index (χ3n) is 0.538. The van der Waals surface area contributed by atoms with Crippen molar-refractivity contribution < 1.29 is 14.6 Å². The van der Waals surface area contributed by atoms with E-state index in [4.69, 9.17) is 0 Å².